The van der Waals surface area contributed by atoms with Crippen molar-refractivity contribution in [1.82, 2.24) is 0 Å². The number of carbonyl (C=O) groups is 3. The second-order valence-corrected chi connectivity index (χ2v) is 11.0. The normalized spacial score (nSPS) is 15.3. The van der Waals surface area contributed by atoms with Gasteiger partial charge in [0.1, 0.15) is 11.5 Å². The van der Waals surface area contributed by atoms with Crippen molar-refractivity contribution in [3.8, 4) is 11.5 Å². The Morgan fingerprint density at radius 2 is 1.51 bits per heavy atom. The molecule has 5 rings (SSSR count). The van der Waals surface area contributed by atoms with Crippen molar-refractivity contribution in [2.24, 2.45) is 5.92 Å². The minimum Gasteiger partial charge on any atom is -0.457 e. The van der Waals surface area contributed by atoms with Crippen LogP contribution in [-0.2, 0) is 19.7 Å². The van der Waals surface area contributed by atoms with Crippen LogP contribution >= 0.6 is 11.3 Å². The van der Waals surface area contributed by atoms with Crippen molar-refractivity contribution in [2.75, 3.05) is 18.1 Å². The number of anilines is 1. The first-order valence-corrected chi connectivity index (χ1v) is 13.7. The number of carbonyl (C=O) groups excluding carboxylic acids is 3. The molecule has 7 heteroatoms. The van der Waals surface area contributed by atoms with E-state index in [9.17, 15) is 14.4 Å². The van der Waals surface area contributed by atoms with Crippen molar-refractivity contribution < 1.29 is 23.9 Å². The molecule has 1 aromatic heterocycles. The van der Waals surface area contributed by atoms with Crippen LogP contribution in [0.2, 0.25) is 0 Å². The molecule has 39 heavy (non-hydrogen) atoms. The molecule has 0 aliphatic carbocycles. The molecular formula is C32H29NO5S. The number of amides is 1. The lowest BCUT2D eigenvalue weighted by molar-refractivity contribution is -0.147. The summed E-state index contributed by atoms with van der Waals surface area (Å²) in [5, 5.41) is 1.79. The Labute approximate surface area is 231 Å². The average molecular weight is 540 g/mol. The van der Waals surface area contributed by atoms with E-state index in [2.05, 4.69) is 50.2 Å². The first-order valence-electron chi connectivity index (χ1n) is 12.8. The lowest BCUT2D eigenvalue weighted by Crippen LogP contribution is -2.27. The maximum absolute atomic E-state index is 12.6. The maximum Gasteiger partial charge on any atom is 0.311 e. The number of nitrogens with zero attached hydrogens (tertiary/aromatic N) is 1. The number of hydrogen-bond acceptors (Lipinski definition) is 6. The molecule has 0 spiro atoms. The first-order chi connectivity index (χ1) is 18.8. The molecule has 4 aromatic rings. The maximum atomic E-state index is 12.6. The summed E-state index contributed by atoms with van der Waals surface area (Å²) in [5.74, 6) is -0.190. The Kier molecular flexibility index (Phi) is 7.61. The fourth-order valence-electron chi connectivity index (χ4n) is 4.67. The largest absolute Gasteiger partial charge is 0.457 e. The van der Waals surface area contributed by atoms with Crippen molar-refractivity contribution in [3.63, 3.8) is 0 Å². The van der Waals surface area contributed by atoms with Gasteiger partial charge in [-0.15, -0.1) is 11.3 Å². The molecule has 0 unspecified atom stereocenters. The number of thiophene rings is 1. The van der Waals surface area contributed by atoms with Crippen LogP contribution in [0.5, 0.6) is 11.5 Å². The third-order valence-electron chi connectivity index (χ3n) is 7.06. The summed E-state index contributed by atoms with van der Waals surface area (Å²) in [5.41, 5.74) is 2.98. The highest BCUT2D eigenvalue weighted by Crippen LogP contribution is 2.34. The molecule has 1 aliphatic rings. The van der Waals surface area contributed by atoms with Crippen LogP contribution in [0.15, 0.2) is 96.4 Å². The van der Waals surface area contributed by atoms with Gasteiger partial charge in [0.05, 0.1) is 10.8 Å². The van der Waals surface area contributed by atoms with Crippen molar-refractivity contribution >= 4 is 34.7 Å². The van der Waals surface area contributed by atoms with Gasteiger partial charge in [-0.1, -0.05) is 62.4 Å². The summed E-state index contributed by atoms with van der Waals surface area (Å²) in [6.45, 7) is 4.29. The molecule has 1 atom stereocenters. The first kappa shape index (κ1) is 26.4. The van der Waals surface area contributed by atoms with Crippen molar-refractivity contribution in [1.29, 1.82) is 0 Å². The SMILES string of the molecule is CC(C)(c1ccccc1)c1ccc(Oc2ccc(N3C[C@H](C(=O)OCC(=O)c4cccs4)CC3=O)cc2)cc1. The van der Waals surface area contributed by atoms with E-state index in [0.717, 1.165) is 0 Å². The van der Waals surface area contributed by atoms with Gasteiger partial charge in [-0.25, -0.2) is 0 Å². The number of Topliss-reactive ketones (excluding diaryl/α,β-unsaturated/α-hetero) is 1. The second kappa shape index (κ2) is 11.3. The summed E-state index contributed by atoms with van der Waals surface area (Å²) in [7, 11) is 0. The van der Waals surface area contributed by atoms with E-state index in [1.54, 1.807) is 46.7 Å². The topological polar surface area (TPSA) is 72.9 Å². The number of esters is 1. The summed E-state index contributed by atoms with van der Waals surface area (Å²) < 4.78 is 11.2. The highest BCUT2D eigenvalue weighted by atomic mass is 32.1. The molecule has 0 bridgehead atoms. The smallest absolute Gasteiger partial charge is 0.311 e. The van der Waals surface area contributed by atoms with Gasteiger partial charge in [0.15, 0.2) is 6.61 Å². The van der Waals surface area contributed by atoms with Crippen molar-refractivity contribution in [3.05, 3.63) is 112 Å². The van der Waals surface area contributed by atoms with E-state index >= 15 is 0 Å². The molecule has 6 nitrogen and oxygen atoms in total. The van der Waals surface area contributed by atoms with E-state index < -0.39 is 11.9 Å². The van der Waals surface area contributed by atoms with Gasteiger partial charge in [0.2, 0.25) is 11.7 Å². The third-order valence-corrected chi connectivity index (χ3v) is 7.97. The highest BCUT2D eigenvalue weighted by Gasteiger charge is 2.36. The van der Waals surface area contributed by atoms with Crippen LogP contribution in [0.25, 0.3) is 0 Å². The number of hydrogen-bond donors (Lipinski definition) is 0. The van der Waals surface area contributed by atoms with Crippen LogP contribution in [0, 0.1) is 5.92 Å². The standard InChI is InChI=1S/C32H29NO5S/c1-32(2,23-7-4-3-5-8-23)24-10-14-26(15-11-24)38-27-16-12-25(13-17-27)33-20-22(19-30(33)35)31(36)37-21-28(34)29-9-6-18-39-29/h3-18,22H,19-21H2,1-2H3/t22-/m1/s1. The summed E-state index contributed by atoms with van der Waals surface area (Å²) in [6.07, 6.45) is 0.0515. The quantitative estimate of drug-likeness (QED) is 0.176. The Morgan fingerprint density at radius 3 is 2.15 bits per heavy atom. The van der Waals surface area contributed by atoms with E-state index in [1.807, 2.05) is 18.2 Å². The minimum absolute atomic E-state index is 0.0515. The van der Waals surface area contributed by atoms with Gasteiger partial charge < -0.3 is 14.4 Å². The van der Waals surface area contributed by atoms with Gasteiger partial charge in [0, 0.05) is 24.1 Å². The zero-order valence-corrected chi connectivity index (χ0v) is 22.6. The molecular weight excluding hydrogens is 510 g/mol. The predicted molar refractivity (Wildman–Crippen MR) is 152 cm³/mol. The zero-order chi connectivity index (χ0) is 27.4. The van der Waals surface area contributed by atoms with Crippen LogP contribution < -0.4 is 9.64 Å². The molecule has 198 valence electrons. The van der Waals surface area contributed by atoms with Crippen molar-refractivity contribution in [2.45, 2.75) is 25.7 Å². The fourth-order valence-corrected chi connectivity index (χ4v) is 5.32. The molecule has 3 aromatic carbocycles. The Bertz CT molecular complexity index is 1440. The Balaban J connectivity index is 1.17. The summed E-state index contributed by atoms with van der Waals surface area (Å²) >= 11 is 1.30. The lowest BCUT2D eigenvalue weighted by atomic mass is 9.78. The molecule has 0 N–H and O–H groups in total. The van der Waals surface area contributed by atoms with Gasteiger partial charge >= 0.3 is 5.97 Å². The predicted octanol–water partition coefficient (Wildman–Crippen LogP) is 6.65. The molecule has 1 aliphatic heterocycles. The minimum atomic E-state index is -0.608. The monoisotopic (exact) mass is 539 g/mol. The van der Waals surface area contributed by atoms with Gasteiger partial charge in [-0.2, -0.15) is 0 Å². The zero-order valence-electron chi connectivity index (χ0n) is 21.8. The molecule has 1 fully saturated rings. The number of benzene rings is 3. The highest BCUT2D eigenvalue weighted by molar-refractivity contribution is 7.12. The van der Waals surface area contributed by atoms with Crippen LogP contribution in [0.1, 0.15) is 41.1 Å². The molecule has 1 amide bonds. The summed E-state index contributed by atoms with van der Waals surface area (Å²) in [6, 6.07) is 29.1. The van der Waals surface area contributed by atoms with Crippen LogP contribution in [-0.4, -0.2) is 30.8 Å². The lowest BCUT2D eigenvalue weighted by Gasteiger charge is -2.26. The molecule has 2 heterocycles. The van der Waals surface area contributed by atoms with Gasteiger partial charge in [0.25, 0.3) is 0 Å². The fraction of sp³-hybridized carbons (Fsp3) is 0.219. The third kappa shape index (κ3) is 5.94. The van der Waals surface area contributed by atoms with Gasteiger partial charge in [-0.3, -0.25) is 14.4 Å². The second-order valence-electron chi connectivity index (χ2n) is 10.0. The summed E-state index contributed by atoms with van der Waals surface area (Å²) in [4.78, 5) is 39.3. The van der Waals surface area contributed by atoms with E-state index in [0.29, 0.717) is 22.1 Å². The molecule has 0 saturated carbocycles. The number of rotatable bonds is 9. The van der Waals surface area contributed by atoms with E-state index in [-0.39, 0.29) is 36.7 Å². The number of ketones is 1. The van der Waals surface area contributed by atoms with E-state index in [4.69, 9.17) is 9.47 Å². The number of ether oxygens (including phenoxy) is 2. The van der Waals surface area contributed by atoms with Crippen LogP contribution in [0.3, 0.4) is 0 Å². The van der Waals surface area contributed by atoms with E-state index in [1.165, 1.54) is 22.5 Å². The van der Waals surface area contributed by atoms with Gasteiger partial charge in [-0.05, 0) is 59.0 Å². The molecule has 1 saturated heterocycles. The average Bonchev–Trinajstić information content (AvgIpc) is 3.63. The molecule has 0 radical (unpaired) electrons. The van der Waals surface area contributed by atoms with Crippen LogP contribution in [0.4, 0.5) is 5.69 Å². The Hall–Kier alpha value is -4.23. The Morgan fingerprint density at radius 1 is 0.872 bits per heavy atom.